The normalized spacial score (nSPS) is 13.1. The van der Waals surface area contributed by atoms with Crippen LogP contribution in [0.3, 0.4) is 0 Å². The van der Waals surface area contributed by atoms with Gasteiger partial charge < -0.3 is 14.8 Å². The van der Waals surface area contributed by atoms with Crippen molar-refractivity contribution in [2.24, 2.45) is 0 Å². The molecule has 0 spiro atoms. The molecule has 4 rings (SSSR count). The van der Waals surface area contributed by atoms with E-state index < -0.39 is 0 Å². The molecule has 1 N–H and O–H groups in total. The second-order valence-electron chi connectivity index (χ2n) is 5.96. The second-order valence-corrected chi connectivity index (χ2v) is 8.16. The Morgan fingerprint density at radius 1 is 1.22 bits per heavy atom. The lowest BCUT2D eigenvalue weighted by atomic mass is 10.1. The number of hydrogen-bond acceptors (Lipinski definition) is 7. The Bertz CT molecular complexity index is 948. The highest BCUT2D eigenvalue weighted by molar-refractivity contribution is 8.00. The maximum atomic E-state index is 13.8. The molecule has 0 atom stereocenters. The molecule has 0 amide bonds. The standard InChI is InChI=1S/C19H18FN3O2S2/c1-2-12-5-3-4-6-16(12)21-18-22-23-19(27-18)26-10-14-8-15(20)7-13-9-24-11-25-17(13)14/h3-8H,2,9-11H2,1H3,(H,21,22). The third-order valence-corrected chi connectivity index (χ3v) is 6.17. The molecular weight excluding hydrogens is 385 g/mol. The van der Waals surface area contributed by atoms with Gasteiger partial charge in [0.25, 0.3) is 0 Å². The molecule has 0 bridgehead atoms. The summed E-state index contributed by atoms with van der Waals surface area (Å²) in [6.07, 6.45) is 0.942. The number of nitrogens with zero attached hydrogens (tertiary/aromatic N) is 2. The summed E-state index contributed by atoms with van der Waals surface area (Å²) in [6.45, 7) is 2.68. The minimum Gasteiger partial charge on any atom is -0.467 e. The summed E-state index contributed by atoms with van der Waals surface area (Å²) in [7, 11) is 0. The van der Waals surface area contributed by atoms with Gasteiger partial charge in [-0.1, -0.05) is 48.2 Å². The van der Waals surface area contributed by atoms with E-state index in [2.05, 4.69) is 28.5 Å². The number of halogens is 1. The number of thioether (sulfide) groups is 1. The number of fused-ring (bicyclic) bond motifs is 1. The van der Waals surface area contributed by atoms with Gasteiger partial charge in [-0.15, -0.1) is 10.2 Å². The van der Waals surface area contributed by atoms with E-state index >= 15 is 0 Å². The van der Waals surface area contributed by atoms with Crippen LogP contribution in [0.25, 0.3) is 0 Å². The third kappa shape index (κ3) is 4.23. The first-order chi connectivity index (χ1) is 13.2. The molecule has 2 heterocycles. The Labute approximate surface area is 164 Å². The Morgan fingerprint density at radius 3 is 3.00 bits per heavy atom. The zero-order valence-corrected chi connectivity index (χ0v) is 16.3. The van der Waals surface area contributed by atoms with Crippen molar-refractivity contribution in [1.29, 1.82) is 0 Å². The van der Waals surface area contributed by atoms with Gasteiger partial charge in [-0.3, -0.25) is 0 Å². The number of nitrogens with one attached hydrogen (secondary N) is 1. The van der Waals surface area contributed by atoms with Crippen molar-refractivity contribution < 1.29 is 13.9 Å². The van der Waals surface area contributed by atoms with E-state index in [0.717, 1.165) is 38.5 Å². The molecule has 1 aromatic heterocycles. The van der Waals surface area contributed by atoms with Gasteiger partial charge in [0.15, 0.2) is 11.1 Å². The van der Waals surface area contributed by atoms with Crippen LogP contribution in [0.4, 0.5) is 15.2 Å². The number of aryl methyl sites for hydroxylation is 1. The van der Waals surface area contributed by atoms with E-state index in [9.17, 15) is 4.39 Å². The summed E-state index contributed by atoms with van der Waals surface area (Å²) in [4.78, 5) is 0. The molecule has 5 nitrogen and oxygen atoms in total. The molecule has 0 fully saturated rings. The van der Waals surface area contributed by atoms with Crippen molar-refractivity contribution in [3.8, 4) is 5.75 Å². The first-order valence-electron chi connectivity index (χ1n) is 8.56. The first-order valence-corrected chi connectivity index (χ1v) is 10.4. The number of aromatic nitrogens is 2. The smallest absolute Gasteiger partial charge is 0.210 e. The van der Waals surface area contributed by atoms with Gasteiger partial charge in [0.05, 0.1) is 6.61 Å². The van der Waals surface area contributed by atoms with Crippen molar-refractivity contribution in [1.82, 2.24) is 10.2 Å². The molecule has 0 radical (unpaired) electrons. The molecule has 3 aromatic rings. The fraction of sp³-hybridized carbons (Fsp3) is 0.263. The minimum atomic E-state index is -0.283. The van der Waals surface area contributed by atoms with Crippen molar-refractivity contribution in [2.45, 2.75) is 30.0 Å². The van der Waals surface area contributed by atoms with E-state index in [1.54, 1.807) is 0 Å². The Balaban J connectivity index is 1.45. The fourth-order valence-electron chi connectivity index (χ4n) is 2.89. The largest absolute Gasteiger partial charge is 0.467 e. The van der Waals surface area contributed by atoms with Gasteiger partial charge in [-0.25, -0.2) is 4.39 Å². The summed E-state index contributed by atoms with van der Waals surface area (Å²) in [5.41, 5.74) is 3.82. The average molecular weight is 404 g/mol. The maximum Gasteiger partial charge on any atom is 0.210 e. The van der Waals surface area contributed by atoms with Crippen LogP contribution in [0.2, 0.25) is 0 Å². The molecule has 0 saturated heterocycles. The highest BCUT2D eigenvalue weighted by Gasteiger charge is 2.18. The van der Waals surface area contributed by atoms with Crippen LogP contribution in [0.5, 0.6) is 5.75 Å². The predicted molar refractivity (Wildman–Crippen MR) is 105 cm³/mol. The van der Waals surface area contributed by atoms with Crippen LogP contribution in [0.15, 0.2) is 40.7 Å². The highest BCUT2D eigenvalue weighted by Crippen LogP contribution is 2.36. The van der Waals surface area contributed by atoms with Crippen LogP contribution in [0, 0.1) is 5.82 Å². The molecule has 1 aliphatic heterocycles. The van der Waals surface area contributed by atoms with Crippen molar-refractivity contribution in [3.05, 3.63) is 58.9 Å². The zero-order chi connectivity index (χ0) is 18.6. The lowest BCUT2D eigenvalue weighted by Gasteiger charge is -2.20. The Kier molecular flexibility index (Phi) is 5.56. The van der Waals surface area contributed by atoms with Gasteiger partial charge in [-0.05, 0) is 30.2 Å². The van der Waals surface area contributed by atoms with Gasteiger partial charge in [0, 0.05) is 22.6 Å². The number of benzene rings is 2. The molecule has 0 aliphatic carbocycles. The van der Waals surface area contributed by atoms with Gasteiger partial charge >= 0.3 is 0 Å². The molecule has 0 unspecified atom stereocenters. The predicted octanol–water partition coefficient (Wildman–Crippen LogP) is 5.14. The van der Waals surface area contributed by atoms with E-state index in [1.807, 2.05) is 18.2 Å². The minimum absolute atomic E-state index is 0.194. The quantitative estimate of drug-likeness (QED) is 0.575. The lowest BCUT2D eigenvalue weighted by Crippen LogP contribution is -2.13. The van der Waals surface area contributed by atoms with Crippen LogP contribution in [-0.2, 0) is 23.5 Å². The molecule has 8 heteroatoms. The first kappa shape index (κ1) is 18.2. The van der Waals surface area contributed by atoms with Gasteiger partial charge in [-0.2, -0.15) is 0 Å². The van der Waals surface area contributed by atoms with Crippen LogP contribution in [-0.4, -0.2) is 17.0 Å². The van der Waals surface area contributed by atoms with Crippen LogP contribution >= 0.6 is 23.1 Å². The third-order valence-electron chi connectivity index (χ3n) is 4.15. The van der Waals surface area contributed by atoms with Gasteiger partial charge in [0.1, 0.15) is 11.6 Å². The highest BCUT2D eigenvalue weighted by atomic mass is 32.2. The van der Waals surface area contributed by atoms with Crippen molar-refractivity contribution in [2.75, 3.05) is 12.1 Å². The van der Waals surface area contributed by atoms with Crippen LogP contribution < -0.4 is 10.1 Å². The number of anilines is 2. The summed E-state index contributed by atoms with van der Waals surface area (Å²) in [5.74, 6) is 0.990. The van der Waals surface area contributed by atoms with Crippen LogP contribution in [0.1, 0.15) is 23.6 Å². The Morgan fingerprint density at radius 2 is 2.11 bits per heavy atom. The summed E-state index contributed by atoms with van der Waals surface area (Å²) >= 11 is 2.99. The van der Waals surface area contributed by atoms with E-state index in [-0.39, 0.29) is 12.6 Å². The topological polar surface area (TPSA) is 56.3 Å². The van der Waals surface area contributed by atoms with E-state index in [0.29, 0.717) is 12.4 Å². The van der Waals surface area contributed by atoms with E-state index in [4.69, 9.17) is 9.47 Å². The molecule has 2 aromatic carbocycles. The molecule has 140 valence electrons. The number of para-hydroxylation sites is 1. The lowest BCUT2D eigenvalue weighted by molar-refractivity contribution is -0.0171. The second kappa shape index (κ2) is 8.24. The average Bonchev–Trinajstić information content (AvgIpc) is 3.14. The van der Waals surface area contributed by atoms with Crippen molar-refractivity contribution >= 4 is 33.9 Å². The number of hydrogen-bond donors (Lipinski definition) is 1. The Hall–Kier alpha value is -2.16. The molecule has 0 saturated carbocycles. The summed E-state index contributed by atoms with van der Waals surface area (Å²) < 4.78 is 25.4. The molecule has 1 aliphatic rings. The van der Waals surface area contributed by atoms with Gasteiger partial charge in [0.2, 0.25) is 5.13 Å². The maximum absolute atomic E-state index is 13.8. The SMILES string of the molecule is CCc1ccccc1Nc1nnc(SCc2cc(F)cc3c2OCOC3)s1. The molecular formula is C19H18FN3O2S2. The zero-order valence-electron chi connectivity index (χ0n) is 14.7. The number of rotatable bonds is 6. The fourth-order valence-corrected chi connectivity index (χ4v) is 4.62. The summed E-state index contributed by atoms with van der Waals surface area (Å²) in [5, 5.41) is 12.5. The van der Waals surface area contributed by atoms with Crippen molar-refractivity contribution in [3.63, 3.8) is 0 Å². The molecule has 27 heavy (non-hydrogen) atoms. The monoisotopic (exact) mass is 403 g/mol. The van der Waals surface area contributed by atoms with E-state index in [1.165, 1.54) is 40.8 Å². The number of ether oxygens (including phenoxy) is 2. The summed E-state index contributed by atoms with van der Waals surface area (Å²) in [6, 6.07) is 11.1.